The van der Waals surface area contributed by atoms with E-state index in [2.05, 4.69) is 20.4 Å². The number of ether oxygens (including phenoxy) is 1. The molecule has 0 amide bonds. The Hall–Kier alpha value is -4.07. The topological polar surface area (TPSA) is 81.9 Å². The van der Waals surface area contributed by atoms with Gasteiger partial charge >= 0.3 is 5.97 Å². The molecule has 0 aliphatic carbocycles. The Morgan fingerprint density at radius 1 is 1.23 bits per heavy atom. The fraction of sp³-hybridized carbons (Fsp3) is 0.130. The lowest BCUT2D eigenvalue weighted by atomic mass is 10.2. The molecular weight excluding hydrogens is 397 g/mol. The van der Waals surface area contributed by atoms with Gasteiger partial charge in [0.1, 0.15) is 18.0 Å². The Labute approximate surface area is 178 Å². The highest BCUT2D eigenvalue weighted by Gasteiger charge is 2.08. The molecule has 0 spiro atoms. The highest BCUT2D eigenvalue weighted by Crippen LogP contribution is 2.24. The summed E-state index contributed by atoms with van der Waals surface area (Å²) < 4.78 is 20.2. The molecule has 2 aromatic carbocycles. The van der Waals surface area contributed by atoms with Crippen molar-refractivity contribution in [1.29, 1.82) is 0 Å². The number of esters is 1. The van der Waals surface area contributed by atoms with Gasteiger partial charge in [-0.15, -0.1) is 0 Å². The number of nitrogens with one attached hydrogen (secondary N) is 1. The van der Waals surface area contributed by atoms with Crippen molar-refractivity contribution in [2.75, 3.05) is 11.9 Å². The third kappa shape index (κ3) is 4.92. The van der Waals surface area contributed by atoms with E-state index in [9.17, 15) is 9.18 Å². The second kappa shape index (κ2) is 9.17. The van der Waals surface area contributed by atoms with E-state index in [4.69, 9.17) is 4.74 Å². The number of halogens is 1. The van der Waals surface area contributed by atoms with E-state index >= 15 is 0 Å². The lowest BCUT2D eigenvalue weighted by Crippen LogP contribution is -2.02. The lowest BCUT2D eigenvalue weighted by molar-refractivity contribution is -0.137. The van der Waals surface area contributed by atoms with Crippen LogP contribution < -0.4 is 5.32 Å². The molecule has 0 aliphatic heterocycles. The molecule has 0 atom stereocenters. The molecule has 0 radical (unpaired) electrons. The van der Waals surface area contributed by atoms with Crippen LogP contribution in [0.5, 0.6) is 0 Å². The van der Waals surface area contributed by atoms with E-state index < -0.39 is 5.97 Å². The second-order valence-corrected chi connectivity index (χ2v) is 6.74. The number of benzene rings is 2. The van der Waals surface area contributed by atoms with Gasteiger partial charge in [0.25, 0.3) is 0 Å². The Balaban J connectivity index is 1.55. The quantitative estimate of drug-likeness (QED) is 0.356. The number of carbonyl (C=O) groups excluding carboxylic acids is 1. The van der Waals surface area contributed by atoms with Gasteiger partial charge in [0.15, 0.2) is 0 Å². The molecular formula is C23H20FN5O2. The molecule has 2 aromatic heterocycles. The molecule has 0 aliphatic rings. The first-order chi connectivity index (χ1) is 15.1. The average molecular weight is 417 g/mol. The summed E-state index contributed by atoms with van der Waals surface area (Å²) in [5.41, 5.74) is 3.23. The van der Waals surface area contributed by atoms with E-state index in [-0.39, 0.29) is 5.82 Å². The van der Waals surface area contributed by atoms with Gasteiger partial charge in [0, 0.05) is 28.9 Å². The molecule has 31 heavy (non-hydrogen) atoms. The summed E-state index contributed by atoms with van der Waals surface area (Å²) in [4.78, 5) is 19.9. The summed E-state index contributed by atoms with van der Waals surface area (Å²) in [6.07, 6.45) is 7.75. The zero-order valence-electron chi connectivity index (χ0n) is 16.8. The standard InChI is InChI=1S/C23H20FN5O2/c1-2-31-22(30)9-6-17-12-25-15-26-23(17)28-20-7-8-21-18(11-20)13-27-29(21)14-16-4-3-5-19(24)10-16/h3-13,15H,2,14H2,1H3,(H,25,26,28)/b9-6+. The van der Waals surface area contributed by atoms with Gasteiger partial charge in [-0.1, -0.05) is 12.1 Å². The third-order valence-corrected chi connectivity index (χ3v) is 4.55. The molecule has 0 saturated heterocycles. The van der Waals surface area contributed by atoms with Gasteiger partial charge in [0.05, 0.1) is 24.9 Å². The Morgan fingerprint density at radius 2 is 2.13 bits per heavy atom. The van der Waals surface area contributed by atoms with Crippen LogP contribution in [-0.4, -0.2) is 32.3 Å². The minimum Gasteiger partial charge on any atom is -0.463 e. The first-order valence-corrected chi connectivity index (χ1v) is 9.74. The summed E-state index contributed by atoms with van der Waals surface area (Å²) in [6, 6.07) is 12.3. The molecule has 156 valence electrons. The van der Waals surface area contributed by atoms with Gasteiger partial charge in [-0.25, -0.2) is 19.2 Å². The van der Waals surface area contributed by atoms with Crippen molar-refractivity contribution in [3.8, 4) is 0 Å². The smallest absolute Gasteiger partial charge is 0.330 e. The van der Waals surface area contributed by atoms with Crippen LogP contribution in [0.4, 0.5) is 15.9 Å². The molecule has 0 bridgehead atoms. The van der Waals surface area contributed by atoms with Crippen LogP contribution >= 0.6 is 0 Å². The number of fused-ring (bicyclic) bond motifs is 1. The monoisotopic (exact) mass is 417 g/mol. The van der Waals surface area contributed by atoms with Crippen LogP contribution in [0.3, 0.4) is 0 Å². The maximum Gasteiger partial charge on any atom is 0.330 e. The summed E-state index contributed by atoms with van der Waals surface area (Å²) >= 11 is 0. The zero-order chi connectivity index (χ0) is 21.6. The van der Waals surface area contributed by atoms with E-state index in [1.807, 2.05) is 28.9 Å². The Bertz CT molecular complexity index is 1250. The molecule has 4 aromatic rings. The van der Waals surface area contributed by atoms with E-state index in [0.717, 1.165) is 22.2 Å². The van der Waals surface area contributed by atoms with Crippen LogP contribution in [0.15, 0.2) is 67.3 Å². The minimum atomic E-state index is -0.426. The van der Waals surface area contributed by atoms with E-state index in [0.29, 0.717) is 24.5 Å². The fourth-order valence-corrected chi connectivity index (χ4v) is 3.15. The highest BCUT2D eigenvalue weighted by molar-refractivity contribution is 5.89. The number of nitrogens with zero attached hydrogens (tertiary/aromatic N) is 4. The molecule has 1 N–H and O–H groups in total. The summed E-state index contributed by atoms with van der Waals surface area (Å²) in [6.45, 7) is 2.54. The van der Waals surface area contributed by atoms with Crippen molar-refractivity contribution >= 4 is 34.5 Å². The van der Waals surface area contributed by atoms with Gasteiger partial charge in [-0.2, -0.15) is 5.10 Å². The summed E-state index contributed by atoms with van der Waals surface area (Å²) in [5, 5.41) is 8.61. The van der Waals surface area contributed by atoms with Crippen molar-refractivity contribution in [3.05, 3.63) is 84.2 Å². The largest absolute Gasteiger partial charge is 0.463 e. The zero-order valence-corrected chi connectivity index (χ0v) is 16.8. The predicted octanol–water partition coefficient (Wildman–Crippen LogP) is 4.33. The van der Waals surface area contributed by atoms with Gasteiger partial charge in [-0.05, 0) is 48.9 Å². The molecule has 7 nitrogen and oxygen atoms in total. The number of hydrogen-bond donors (Lipinski definition) is 1. The number of anilines is 2. The predicted molar refractivity (Wildman–Crippen MR) is 116 cm³/mol. The van der Waals surface area contributed by atoms with Crippen molar-refractivity contribution in [1.82, 2.24) is 19.7 Å². The van der Waals surface area contributed by atoms with E-state index in [1.165, 1.54) is 24.5 Å². The molecule has 0 unspecified atom stereocenters. The molecule has 0 fully saturated rings. The Kier molecular flexibility index (Phi) is 5.98. The SMILES string of the molecule is CCOC(=O)/C=C/c1cncnc1Nc1ccc2c(cnn2Cc2cccc(F)c2)c1. The fourth-order valence-electron chi connectivity index (χ4n) is 3.15. The van der Waals surface area contributed by atoms with Crippen molar-refractivity contribution in [3.63, 3.8) is 0 Å². The summed E-state index contributed by atoms with van der Waals surface area (Å²) in [5.74, 6) is -0.135. The first kappa shape index (κ1) is 20.2. The van der Waals surface area contributed by atoms with Crippen molar-refractivity contribution in [2.24, 2.45) is 0 Å². The number of carbonyl (C=O) groups is 1. The average Bonchev–Trinajstić information content (AvgIpc) is 3.15. The first-order valence-electron chi connectivity index (χ1n) is 9.74. The van der Waals surface area contributed by atoms with Crippen LogP contribution in [-0.2, 0) is 16.1 Å². The molecule has 0 saturated carbocycles. The normalized spacial score (nSPS) is 11.2. The third-order valence-electron chi connectivity index (χ3n) is 4.55. The molecule has 4 rings (SSSR count). The van der Waals surface area contributed by atoms with Crippen molar-refractivity contribution < 1.29 is 13.9 Å². The lowest BCUT2D eigenvalue weighted by Gasteiger charge is -2.09. The maximum atomic E-state index is 13.5. The van der Waals surface area contributed by atoms with Gasteiger partial charge in [-0.3, -0.25) is 4.68 Å². The summed E-state index contributed by atoms with van der Waals surface area (Å²) in [7, 11) is 0. The minimum absolute atomic E-state index is 0.266. The highest BCUT2D eigenvalue weighted by atomic mass is 19.1. The maximum absolute atomic E-state index is 13.5. The number of hydrogen-bond acceptors (Lipinski definition) is 6. The second-order valence-electron chi connectivity index (χ2n) is 6.74. The van der Waals surface area contributed by atoms with Gasteiger partial charge < -0.3 is 10.1 Å². The van der Waals surface area contributed by atoms with Crippen LogP contribution in [0.2, 0.25) is 0 Å². The number of rotatable bonds is 7. The van der Waals surface area contributed by atoms with Crippen LogP contribution in [0.1, 0.15) is 18.1 Å². The van der Waals surface area contributed by atoms with E-state index in [1.54, 1.807) is 31.5 Å². The van der Waals surface area contributed by atoms with Crippen LogP contribution in [0.25, 0.3) is 17.0 Å². The van der Waals surface area contributed by atoms with Gasteiger partial charge in [0.2, 0.25) is 0 Å². The van der Waals surface area contributed by atoms with Crippen molar-refractivity contribution in [2.45, 2.75) is 13.5 Å². The Morgan fingerprint density at radius 3 is 2.97 bits per heavy atom. The van der Waals surface area contributed by atoms with Crippen LogP contribution in [0, 0.1) is 5.82 Å². The molecule has 2 heterocycles. The molecule has 8 heteroatoms. The number of aromatic nitrogens is 4.